The summed E-state index contributed by atoms with van der Waals surface area (Å²) in [5.74, 6) is -2.65. The summed E-state index contributed by atoms with van der Waals surface area (Å²) in [5.41, 5.74) is -6.42. The van der Waals surface area contributed by atoms with Gasteiger partial charge in [0.25, 0.3) is 0 Å². The van der Waals surface area contributed by atoms with E-state index in [4.69, 9.17) is 20.8 Å². The van der Waals surface area contributed by atoms with Crippen LogP contribution in [-0.2, 0) is 33.4 Å². The summed E-state index contributed by atoms with van der Waals surface area (Å²) < 4.78 is 16.8. The van der Waals surface area contributed by atoms with Crippen LogP contribution in [0.3, 0.4) is 0 Å². The van der Waals surface area contributed by atoms with Gasteiger partial charge in [0.2, 0.25) is 23.3 Å². The van der Waals surface area contributed by atoms with Gasteiger partial charge >= 0.3 is 5.97 Å². The molecule has 1 rings (SSSR count). The van der Waals surface area contributed by atoms with Gasteiger partial charge in [-0.3, -0.25) is 19.2 Å². The topological polar surface area (TPSA) is 261 Å². The minimum absolute atomic E-state index is 0.00285. The number of carboxylic acids is 1. The van der Waals surface area contributed by atoms with Crippen LogP contribution < -0.4 is 16.0 Å². The van der Waals surface area contributed by atoms with Gasteiger partial charge in [0.15, 0.2) is 6.29 Å². The van der Waals surface area contributed by atoms with E-state index in [1.807, 2.05) is 0 Å². The maximum Gasteiger partial charge on any atom is 0.303 e. The van der Waals surface area contributed by atoms with Gasteiger partial charge in [0, 0.05) is 46.7 Å². The van der Waals surface area contributed by atoms with Crippen LogP contribution in [0.2, 0.25) is 0 Å². The molecular formula is C35H59N5O12. The number of aliphatic hydroxyl groups excluding tert-OH is 4. The number of aliphatic carboxylic acids is 1. The molecule has 17 nitrogen and oxygen atoms in total. The van der Waals surface area contributed by atoms with Crippen LogP contribution >= 0.6 is 0 Å². The minimum Gasteiger partial charge on any atom is -0.481 e. The number of ether oxygens (including phenoxy) is 3. The molecule has 0 aromatic carbocycles. The lowest BCUT2D eigenvalue weighted by Crippen LogP contribution is -2.64. The number of rotatable bonds is 22. The molecule has 1 heterocycles. The molecule has 1 aliphatic rings. The fraction of sp³-hybridized carbons (Fsp3) is 0.829. The molecule has 52 heavy (non-hydrogen) atoms. The largest absolute Gasteiger partial charge is 0.481 e. The standard InChI is InChI=1S/C35H59N5O12/c1-22(43)40-25-27(47)26(46)23(18-42)52-28(25)51-17-16-50-15-13-39-29(48)34(7,20-32(4,5)37-9)31(2,3)19-35(8,30(49)38-12-14-41)33(6,21-36)11-10-24(44)45/h23,25-28,41-42,46-47H,10-20H2,1-8H3,(H,38,49)(H,39,48)(H,40,43)(H,44,45)/t23-,25-,26+,27-,28-,33?,34?,35?/m1/s1. The van der Waals surface area contributed by atoms with E-state index in [1.54, 1.807) is 41.5 Å². The van der Waals surface area contributed by atoms with Gasteiger partial charge in [-0.1, -0.05) is 13.8 Å². The van der Waals surface area contributed by atoms with Gasteiger partial charge in [-0.2, -0.15) is 5.26 Å². The fourth-order valence-corrected chi connectivity index (χ4v) is 6.68. The molecule has 1 fully saturated rings. The predicted molar refractivity (Wildman–Crippen MR) is 186 cm³/mol. The van der Waals surface area contributed by atoms with Crippen molar-refractivity contribution in [3.63, 3.8) is 0 Å². The SMILES string of the molecule is [C-]#[N+]C(C)(C)CC(C)(C(=O)NCCOCCO[C@@H]1O[C@H](CO)[C@H](O)[C@H](O)[C@H]1NC(C)=O)C(C)(C)CC(C)(C(=O)NCCO)C(C)(C#N)CCC(=O)O. The molecule has 0 bridgehead atoms. The lowest BCUT2D eigenvalue weighted by molar-refractivity contribution is -0.272. The Bertz CT molecular complexity index is 1320. The van der Waals surface area contributed by atoms with Gasteiger partial charge in [0.1, 0.15) is 24.4 Å². The van der Waals surface area contributed by atoms with E-state index in [0.717, 1.165) is 0 Å². The van der Waals surface area contributed by atoms with Crippen molar-refractivity contribution in [3.05, 3.63) is 11.4 Å². The van der Waals surface area contributed by atoms with Gasteiger partial charge in [-0.15, -0.1) is 0 Å². The summed E-state index contributed by atoms with van der Waals surface area (Å²) in [7, 11) is 0. The van der Waals surface area contributed by atoms with Gasteiger partial charge < -0.3 is 60.5 Å². The normalized spacial score (nSPS) is 24.2. The maximum absolute atomic E-state index is 14.1. The maximum atomic E-state index is 14.1. The van der Waals surface area contributed by atoms with Crippen LogP contribution in [-0.4, -0.2) is 132 Å². The van der Waals surface area contributed by atoms with E-state index in [0.29, 0.717) is 0 Å². The zero-order valence-electron chi connectivity index (χ0n) is 31.7. The van der Waals surface area contributed by atoms with Crippen LogP contribution in [0.4, 0.5) is 0 Å². The summed E-state index contributed by atoms with van der Waals surface area (Å²) in [6, 6.07) is 1.06. The second-order valence-electron chi connectivity index (χ2n) is 15.3. The highest BCUT2D eigenvalue weighted by Gasteiger charge is 2.59. The molecule has 0 aliphatic carbocycles. The van der Waals surface area contributed by atoms with E-state index in [-0.39, 0.29) is 65.2 Å². The first-order chi connectivity index (χ1) is 24.0. The quantitative estimate of drug-likeness (QED) is 0.0542. The molecular weight excluding hydrogens is 682 g/mol. The van der Waals surface area contributed by atoms with E-state index in [2.05, 4.69) is 26.9 Å². The fourth-order valence-electron chi connectivity index (χ4n) is 6.68. The van der Waals surface area contributed by atoms with Gasteiger partial charge in [0.05, 0.1) is 55.3 Å². The van der Waals surface area contributed by atoms with Crippen molar-refractivity contribution in [3.8, 4) is 6.07 Å². The molecule has 0 saturated carbocycles. The Labute approximate surface area is 306 Å². The third-order valence-corrected chi connectivity index (χ3v) is 10.4. The molecule has 3 amide bonds. The van der Waals surface area contributed by atoms with Crippen molar-refractivity contribution in [1.29, 1.82) is 5.26 Å². The second kappa shape index (κ2) is 19.6. The summed E-state index contributed by atoms with van der Waals surface area (Å²) in [6.07, 6.45) is -5.77. The zero-order valence-corrected chi connectivity index (χ0v) is 31.7. The Balaban J connectivity index is 3.15. The molecule has 17 heteroatoms. The smallest absolute Gasteiger partial charge is 0.303 e. The Kier molecular flexibility index (Phi) is 17.6. The average molecular weight is 742 g/mol. The second-order valence-corrected chi connectivity index (χ2v) is 15.3. The number of carbonyl (C=O) groups excluding carboxylic acids is 3. The summed E-state index contributed by atoms with van der Waals surface area (Å²) in [6.45, 7) is 19.6. The highest BCUT2D eigenvalue weighted by Crippen LogP contribution is 2.56. The minimum atomic E-state index is -1.53. The number of carbonyl (C=O) groups is 4. The van der Waals surface area contributed by atoms with Crippen molar-refractivity contribution in [2.75, 3.05) is 46.1 Å². The molecule has 296 valence electrons. The Hall–Kier alpha value is -3.42. The van der Waals surface area contributed by atoms with Crippen molar-refractivity contribution in [2.24, 2.45) is 21.7 Å². The number of amides is 3. The van der Waals surface area contributed by atoms with E-state index < -0.39 is 88.1 Å². The number of nitriles is 1. The van der Waals surface area contributed by atoms with Crippen molar-refractivity contribution < 1.29 is 58.9 Å². The first-order valence-electron chi connectivity index (χ1n) is 17.3. The number of aliphatic hydroxyl groups is 4. The third-order valence-electron chi connectivity index (χ3n) is 10.4. The monoisotopic (exact) mass is 741 g/mol. The van der Waals surface area contributed by atoms with Crippen LogP contribution in [0.15, 0.2) is 0 Å². The first-order valence-corrected chi connectivity index (χ1v) is 17.3. The Morgan fingerprint density at radius 3 is 2.02 bits per heavy atom. The van der Waals surface area contributed by atoms with Crippen molar-refractivity contribution >= 4 is 23.7 Å². The zero-order chi connectivity index (χ0) is 40.1. The molecule has 0 radical (unpaired) electrons. The number of hydrogen-bond acceptors (Lipinski definition) is 12. The van der Waals surface area contributed by atoms with Crippen molar-refractivity contribution in [2.45, 2.75) is 117 Å². The molecule has 0 spiro atoms. The Morgan fingerprint density at radius 2 is 1.50 bits per heavy atom. The number of hydrogen-bond donors (Lipinski definition) is 8. The number of nitrogens with one attached hydrogen (secondary N) is 3. The lowest BCUT2D eigenvalue weighted by Gasteiger charge is -2.51. The summed E-state index contributed by atoms with van der Waals surface area (Å²) in [5, 5.41) is 67.2. The Morgan fingerprint density at radius 1 is 0.904 bits per heavy atom. The van der Waals surface area contributed by atoms with Crippen LogP contribution in [0.5, 0.6) is 0 Å². The molecule has 8 atom stereocenters. The van der Waals surface area contributed by atoms with E-state index >= 15 is 0 Å². The number of nitrogens with zero attached hydrogens (tertiary/aromatic N) is 2. The first kappa shape index (κ1) is 46.6. The van der Waals surface area contributed by atoms with Gasteiger partial charge in [-0.25, -0.2) is 6.57 Å². The highest BCUT2D eigenvalue weighted by atomic mass is 16.7. The summed E-state index contributed by atoms with van der Waals surface area (Å²) >= 11 is 0. The molecule has 1 saturated heterocycles. The highest BCUT2D eigenvalue weighted by molar-refractivity contribution is 5.85. The molecule has 0 aromatic rings. The van der Waals surface area contributed by atoms with E-state index in [9.17, 15) is 50.0 Å². The van der Waals surface area contributed by atoms with Gasteiger partial charge in [-0.05, 0) is 39.0 Å². The molecule has 1 aliphatic heterocycles. The molecule has 0 aromatic heterocycles. The van der Waals surface area contributed by atoms with Crippen LogP contribution in [0.25, 0.3) is 4.85 Å². The van der Waals surface area contributed by atoms with Crippen LogP contribution in [0.1, 0.15) is 81.1 Å². The average Bonchev–Trinajstić information content (AvgIpc) is 3.07. The van der Waals surface area contributed by atoms with E-state index in [1.165, 1.54) is 13.8 Å². The van der Waals surface area contributed by atoms with Crippen LogP contribution in [0, 0.1) is 39.6 Å². The third kappa shape index (κ3) is 11.8. The molecule has 8 N–H and O–H groups in total. The number of carboxylic acid groups (broad SMARTS) is 1. The van der Waals surface area contributed by atoms with Crippen molar-refractivity contribution in [1.82, 2.24) is 16.0 Å². The lowest BCUT2D eigenvalue weighted by atomic mass is 9.51. The predicted octanol–water partition coefficient (Wildman–Crippen LogP) is 0.0996. The summed E-state index contributed by atoms with van der Waals surface area (Å²) in [4.78, 5) is 54.8. The molecule has 3 unspecified atom stereocenters.